The summed E-state index contributed by atoms with van der Waals surface area (Å²) in [5, 5.41) is 7.47. The zero-order valence-corrected chi connectivity index (χ0v) is 15.4. The molecule has 2 aromatic rings. The van der Waals surface area contributed by atoms with Gasteiger partial charge in [0.2, 0.25) is 0 Å². The zero-order valence-electron chi connectivity index (χ0n) is 15.4. The van der Waals surface area contributed by atoms with Crippen LogP contribution in [0.1, 0.15) is 63.2 Å². The number of rotatable bonds is 5. The van der Waals surface area contributed by atoms with E-state index in [1.807, 2.05) is 0 Å². The molecule has 2 bridgehead atoms. The first-order valence-corrected chi connectivity index (χ1v) is 9.11. The lowest BCUT2D eigenvalue weighted by atomic mass is 9.81. The first-order chi connectivity index (χ1) is 12.2. The third-order valence-electron chi connectivity index (χ3n) is 6.08. The third kappa shape index (κ3) is 2.87. The van der Waals surface area contributed by atoms with Crippen molar-refractivity contribution in [3.05, 3.63) is 35.4 Å². The molecule has 4 rings (SSSR count). The van der Waals surface area contributed by atoms with E-state index in [0.29, 0.717) is 17.2 Å². The van der Waals surface area contributed by atoms with E-state index in [1.54, 1.807) is 13.0 Å². The molecular weight excluding hydrogens is 338 g/mol. The van der Waals surface area contributed by atoms with Crippen LogP contribution in [0.5, 0.6) is 0 Å². The number of aromatic nitrogens is 3. The average Bonchev–Trinajstić information content (AvgIpc) is 3.29. The van der Waals surface area contributed by atoms with Crippen molar-refractivity contribution in [3.8, 4) is 0 Å². The van der Waals surface area contributed by atoms with Gasteiger partial charge in [-0.15, -0.1) is 0 Å². The summed E-state index contributed by atoms with van der Waals surface area (Å²) >= 11 is 0. The van der Waals surface area contributed by atoms with Crippen LogP contribution in [0.2, 0.25) is 0 Å². The Kier molecular flexibility index (Phi) is 3.82. The van der Waals surface area contributed by atoms with Crippen LogP contribution in [0, 0.1) is 18.2 Å². The molecule has 5 nitrogen and oxygen atoms in total. The molecule has 2 aromatic heterocycles. The zero-order chi connectivity index (χ0) is 18.6. The molecule has 0 radical (unpaired) electrons. The molecule has 0 unspecified atom stereocenters. The monoisotopic (exact) mass is 362 g/mol. The maximum atomic E-state index is 14.1. The van der Waals surface area contributed by atoms with E-state index < -0.39 is 5.67 Å². The molecule has 2 aliphatic rings. The van der Waals surface area contributed by atoms with Gasteiger partial charge in [-0.1, -0.05) is 5.16 Å². The molecule has 140 valence electrons. The van der Waals surface area contributed by atoms with Gasteiger partial charge in [0, 0.05) is 12.0 Å². The summed E-state index contributed by atoms with van der Waals surface area (Å²) in [5.74, 6) is 1.10. The third-order valence-corrected chi connectivity index (χ3v) is 6.08. The van der Waals surface area contributed by atoms with Crippen molar-refractivity contribution in [1.29, 1.82) is 0 Å². The van der Waals surface area contributed by atoms with Gasteiger partial charge in [-0.3, -0.25) is 0 Å². The molecule has 2 saturated carbocycles. The number of nitrogens with zero attached hydrogens (tertiary/aromatic N) is 3. The number of hydrogen-bond donors (Lipinski definition) is 1. The molecule has 0 atom stereocenters. The van der Waals surface area contributed by atoms with Gasteiger partial charge in [-0.2, -0.15) is 4.98 Å². The minimum absolute atomic E-state index is 0.0513. The highest BCUT2D eigenvalue weighted by Gasteiger charge is 2.57. The molecule has 2 aliphatic carbocycles. The fourth-order valence-corrected chi connectivity index (χ4v) is 4.47. The van der Waals surface area contributed by atoms with E-state index >= 15 is 0 Å². The van der Waals surface area contributed by atoms with Crippen LogP contribution in [0.15, 0.2) is 16.8 Å². The summed E-state index contributed by atoms with van der Waals surface area (Å²) in [4.78, 5) is 8.49. The van der Waals surface area contributed by atoms with Crippen molar-refractivity contribution in [1.82, 2.24) is 15.1 Å². The van der Waals surface area contributed by atoms with Gasteiger partial charge in [0.25, 0.3) is 5.89 Å². The van der Waals surface area contributed by atoms with Gasteiger partial charge in [-0.05, 0) is 69.9 Å². The summed E-state index contributed by atoms with van der Waals surface area (Å²) in [7, 11) is 0. The lowest BCUT2D eigenvalue weighted by molar-refractivity contribution is 0.155. The number of aryl methyl sites for hydroxylation is 1. The summed E-state index contributed by atoms with van der Waals surface area (Å²) in [6, 6.07) is 1.73. The number of anilines is 1. The highest BCUT2D eigenvalue weighted by atomic mass is 19.1. The highest BCUT2D eigenvalue weighted by Crippen LogP contribution is 2.61. The second-order valence-corrected chi connectivity index (χ2v) is 8.52. The molecule has 0 amide bonds. The smallest absolute Gasteiger partial charge is 0.263 e. The minimum Gasteiger partial charge on any atom is -0.370 e. The van der Waals surface area contributed by atoms with Crippen molar-refractivity contribution < 1.29 is 13.3 Å². The lowest BCUT2D eigenvalue weighted by Gasteiger charge is -2.27. The molecule has 0 aliphatic heterocycles. The molecule has 26 heavy (non-hydrogen) atoms. The highest BCUT2D eigenvalue weighted by molar-refractivity contribution is 5.38. The minimum atomic E-state index is -1.62. The largest absolute Gasteiger partial charge is 0.370 e. The molecule has 1 N–H and O–H groups in total. The molecule has 2 heterocycles. The van der Waals surface area contributed by atoms with E-state index in [4.69, 9.17) is 4.52 Å². The topological polar surface area (TPSA) is 63.8 Å². The van der Waals surface area contributed by atoms with Gasteiger partial charge in [0.05, 0.1) is 6.20 Å². The Morgan fingerprint density at radius 3 is 2.62 bits per heavy atom. The molecule has 0 spiro atoms. The van der Waals surface area contributed by atoms with Crippen molar-refractivity contribution in [2.75, 3.05) is 11.9 Å². The molecule has 0 saturated heterocycles. The Morgan fingerprint density at radius 2 is 2.00 bits per heavy atom. The quantitative estimate of drug-likeness (QED) is 0.852. The van der Waals surface area contributed by atoms with Gasteiger partial charge in [0.15, 0.2) is 11.5 Å². The maximum absolute atomic E-state index is 14.1. The van der Waals surface area contributed by atoms with E-state index in [0.717, 1.165) is 38.6 Å². The molecule has 2 fully saturated rings. The number of fused-ring (bicyclic) bond motifs is 2. The summed E-state index contributed by atoms with van der Waals surface area (Å²) < 4.78 is 32.6. The fraction of sp³-hybridized carbons (Fsp3) is 0.632. The Balaban J connectivity index is 1.47. The number of hydrogen-bond acceptors (Lipinski definition) is 5. The van der Waals surface area contributed by atoms with Crippen molar-refractivity contribution >= 4 is 5.82 Å². The van der Waals surface area contributed by atoms with Gasteiger partial charge in [0.1, 0.15) is 11.6 Å². The van der Waals surface area contributed by atoms with Gasteiger partial charge < -0.3 is 9.84 Å². The van der Waals surface area contributed by atoms with Crippen molar-refractivity contribution in [3.63, 3.8) is 0 Å². The normalized spacial score (nSPS) is 27.9. The second-order valence-electron chi connectivity index (χ2n) is 8.52. The van der Waals surface area contributed by atoms with Crippen LogP contribution in [0.3, 0.4) is 0 Å². The molecule has 7 heteroatoms. The second kappa shape index (κ2) is 5.72. The van der Waals surface area contributed by atoms with Gasteiger partial charge in [-0.25, -0.2) is 13.8 Å². The van der Waals surface area contributed by atoms with E-state index in [9.17, 15) is 8.78 Å². The van der Waals surface area contributed by atoms with Crippen LogP contribution in [0.4, 0.5) is 14.6 Å². The number of nitrogens with one attached hydrogen (secondary N) is 1. The summed E-state index contributed by atoms with van der Waals surface area (Å²) in [6.45, 7) is 5.37. The van der Waals surface area contributed by atoms with Gasteiger partial charge >= 0.3 is 0 Å². The van der Waals surface area contributed by atoms with Crippen LogP contribution < -0.4 is 5.32 Å². The van der Waals surface area contributed by atoms with E-state index in [-0.39, 0.29) is 22.5 Å². The van der Waals surface area contributed by atoms with Crippen LogP contribution in [0.25, 0.3) is 0 Å². The molecular formula is C19H24F2N4O. The Morgan fingerprint density at radius 1 is 1.27 bits per heavy atom. The van der Waals surface area contributed by atoms with E-state index in [1.165, 1.54) is 20.0 Å². The fourth-order valence-electron chi connectivity index (χ4n) is 4.47. The first-order valence-electron chi connectivity index (χ1n) is 9.11. The Labute approximate surface area is 151 Å². The average molecular weight is 362 g/mol. The molecule has 0 aromatic carbocycles. The van der Waals surface area contributed by atoms with Crippen LogP contribution in [-0.2, 0) is 11.1 Å². The van der Waals surface area contributed by atoms with Crippen molar-refractivity contribution in [2.24, 2.45) is 5.41 Å². The predicted molar refractivity (Wildman–Crippen MR) is 93.0 cm³/mol. The van der Waals surface area contributed by atoms with Crippen LogP contribution >= 0.6 is 0 Å². The lowest BCUT2D eigenvalue weighted by Crippen LogP contribution is -2.25. The predicted octanol–water partition coefficient (Wildman–Crippen LogP) is 4.43. The van der Waals surface area contributed by atoms with Crippen molar-refractivity contribution in [2.45, 2.75) is 64.0 Å². The number of halogens is 2. The van der Waals surface area contributed by atoms with Crippen LogP contribution in [-0.4, -0.2) is 21.7 Å². The van der Waals surface area contributed by atoms with E-state index in [2.05, 4.69) is 20.4 Å². The maximum Gasteiger partial charge on any atom is 0.263 e. The Hall–Kier alpha value is -2.05. The number of pyridine rings is 1. The summed E-state index contributed by atoms with van der Waals surface area (Å²) in [5.41, 5.74) is -0.999. The standard InChI is InChI=1S/C19H24F2N4O/c1-12-8-14(22-9-13(12)20)23-11-18-4-6-19(10-18,7-5-18)15-24-16(26-25-15)17(2,3)21/h8-9H,4-7,10-11H2,1-3H3,(H,22,23). The summed E-state index contributed by atoms with van der Waals surface area (Å²) in [6.07, 6.45) is 6.29. The SMILES string of the molecule is Cc1cc(NCC23CCC(c4noc(C(C)(C)F)n4)(CC2)C3)ncc1F. The first kappa shape index (κ1) is 17.4. The number of alkyl halides is 1. The Bertz CT molecular complexity index is 819.